The number of rotatable bonds is 8. The number of carbonyl (C=O) groups is 1. The van der Waals surface area contributed by atoms with Gasteiger partial charge >= 0.3 is 5.97 Å². The SMILES string of the molecule is COc1cccc(C2CCN(Cc3nc4sc(C(=O)O)cc4n3C[C@@H]3CCO3)CC2)c1OC. The van der Waals surface area contributed by atoms with Crippen LogP contribution in [0.5, 0.6) is 11.5 Å². The van der Waals surface area contributed by atoms with E-state index in [-0.39, 0.29) is 6.10 Å². The number of para-hydroxylation sites is 1. The van der Waals surface area contributed by atoms with Gasteiger partial charge in [-0.25, -0.2) is 9.78 Å². The topological polar surface area (TPSA) is 86.1 Å². The van der Waals surface area contributed by atoms with Gasteiger partial charge in [-0.1, -0.05) is 12.1 Å². The van der Waals surface area contributed by atoms with Crippen LogP contribution in [0.15, 0.2) is 24.3 Å². The number of hydrogen-bond acceptors (Lipinski definition) is 7. The minimum Gasteiger partial charge on any atom is -0.493 e. The summed E-state index contributed by atoms with van der Waals surface area (Å²) < 4.78 is 19.0. The molecule has 0 radical (unpaired) electrons. The number of benzene rings is 1. The molecule has 1 N–H and O–H groups in total. The summed E-state index contributed by atoms with van der Waals surface area (Å²) in [5.74, 6) is 2.13. The number of thiophene rings is 1. The monoisotopic (exact) mass is 471 g/mol. The largest absolute Gasteiger partial charge is 0.493 e. The van der Waals surface area contributed by atoms with Gasteiger partial charge in [0.2, 0.25) is 0 Å². The summed E-state index contributed by atoms with van der Waals surface area (Å²) in [5, 5.41) is 9.38. The van der Waals surface area contributed by atoms with Crippen LogP contribution in [0.4, 0.5) is 0 Å². The highest BCUT2D eigenvalue weighted by atomic mass is 32.1. The number of nitrogens with zero attached hydrogens (tertiary/aromatic N) is 3. The van der Waals surface area contributed by atoms with E-state index >= 15 is 0 Å². The minimum absolute atomic E-state index is 0.181. The molecule has 8 nitrogen and oxygen atoms in total. The second kappa shape index (κ2) is 9.32. The van der Waals surface area contributed by atoms with Gasteiger partial charge in [0.15, 0.2) is 11.5 Å². The molecule has 9 heteroatoms. The van der Waals surface area contributed by atoms with Crippen molar-refractivity contribution in [1.29, 1.82) is 0 Å². The summed E-state index contributed by atoms with van der Waals surface area (Å²) in [6.45, 7) is 4.19. The van der Waals surface area contributed by atoms with Crippen molar-refractivity contribution < 1.29 is 24.1 Å². The van der Waals surface area contributed by atoms with Crippen molar-refractivity contribution in [2.24, 2.45) is 0 Å². The first kappa shape index (κ1) is 22.2. The van der Waals surface area contributed by atoms with Gasteiger partial charge in [-0.2, -0.15) is 0 Å². The Hall–Kier alpha value is -2.62. The van der Waals surface area contributed by atoms with Crippen LogP contribution in [0.25, 0.3) is 10.3 Å². The molecule has 33 heavy (non-hydrogen) atoms. The predicted molar refractivity (Wildman–Crippen MR) is 126 cm³/mol. The van der Waals surface area contributed by atoms with Gasteiger partial charge in [0.1, 0.15) is 15.5 Å². The third kappa shape index (κ3) is 4.32. The van der Waals surface area contributed by atoms with E-state index < -0.39 is 5.97 Å². The molecule has 4 heterocycles. The maximum Gasteiger partial charge on any atom is 0.346 e. The molecule has 0 unspecified atom stereocenters. The number of piperidine rings is 1. The third-order valence-electron chi connectivity index (χ3n) is 6.74. The smallest absolute Gasteiger partial charge is 0.346 e. The lowest BCUT2D eigenvalue weighted by molar-refractivity contribution is -0.0592. The Morgan fingerprint density at radius 2 is 2.03 bits per heavy atom. The molecule has 2 fully saturated rings. The second-order valence-electron chi connectivity index (χ2n) is 8.66. The Bertz CT molecular complexity index is 1140. The molecule has 3 aromatic rings. The van der Waals surface area contributed by atoms with Crippen molar-refractivity contribution in [2.75, 3.05) is 33.9 Å². The van der Waals surface area contributed by atoms with E-state index in [2.05, 4.69) is 15.5 Å². The van der Waals surface area contributed by atoms with E-state index in [1.807, 2.05) is 12.1 Å². The Balaban J connectivity index is 1.31. The molecule has 0 saturated carbocycles. The predicted octanol–water partition coefficient (Wildman–Crippen LogP) is 3.98. The van der Waals surface area contributed by atoms with Crippen LogP contribution in [0.2, 0.25) is 0 Å². The van der Waals surface area contributed by atoms with Crippen molar-refractivity contribution in [3.8, 4) is 11.5 Å². The van der Waals surface area contributed by atoms with Gasteiger partial charge in [0, 0.05) is 12.2 Å². The summed E-state index contributed by atoms with van der Waals surface area (Å²) >= 11 is 1.24. The van der Waals surface area contributed by atoms with E-state index in [0.717, 1.165) is 79.7 Å². The summed E-state index contributed by atoms with van der Waals surface area (Å²) in [7, 11) is 3.37. The average Bonchev–Trinajstić information content (AvgIpc) is 3.34. The Labute approximate surface area is 196 Å². The Morgan fingerprint density at radius 3 is 2.67 bits per heavy atom. The molecule has 1 aromatic carbocycles. The van der Waals surface area contributed by atoms with Crippen LogP contribution < -0.4 is 9.47 Å². The first-order valence-electron chi connectivity index (χ1n) is 11.3. The van der Waals surface area contributed by atoms with Crippen molar-refractivity contribution in [1.82, 2.24) is 14.5 Å². The highest BCUT2D eigenvalue weighted by Gasteiger charge is 2.28. The van der Waals surface area contributed by atoms with Gasteiger partial charge in [-0.15, -0.1) is 11.3 Å². The summed E-state index contributed by atoms with van der Waals surface area (Å²) in [6, 6.07) is 7.85. The van der Waals surface area contributed by atoms with Gasteiger partial charge in [0.05, 0.1) is 38.9 Å². The molecule has 0 spiro atoms. The number of aromatic carboxylic acids is 1. The number of fused-ring (bicyclic) bond motifs is 1. The first-order valence-corrected chi connectivity index (χ1v) is 12.2. The lowest BCUT2D eigenvalue weighted by Crippen LogP contribution is -2.35. The fourth-order valence-electron chi connectivity index (χ4n) is 4.86. The molecule has 2 aliphatic heterocycles. The Kier molecular flexibility index (Phi) is 6.27. The fraction of sp³-hybridized carbons (Fsp3) is 0.500. The molecular weight excluding hydrogens is 442 g/mol. The van der Waals surface area contributed by atoms with Crippen LogP contribution in [0.1, 0.15) is 46.2 Å². The van der Waals surface area contributed by atoms with Crippen molar-refractivity contribution in [2.45, 2.75) is 44.4 Å². The van der Waals surface area contributed by atoms with E-state index in [9.17, 15) is 9.90 Å². The van der Waals surface area contributed by atoms with Crippen molar-refractivity contribution in [3.05, 3.63) is 40.5 Å². The number of likely N-dealkylation sites (tertiary alicyclic amines) is 1. The van der Waals surface area contributed by atoms with Crippen LogP contribution in [-0.4, -0.2) is 65.5 Å². The van der Waals surface area contributed by atoms with Crippen molar-refractivity contribution >= 4 is 27.7 Å². The molecule has 2 aliphatic rings. The standard InChI is InChI=1S/C24H29N3O5S/c1-30-19-5-3-4-17(22(19)31-2)15-6-9-26(10-7-15)14-21-25-23-18(12-20(33-23)24(28)29)27(21)13-16-8-11-32-16/h3-5,12,15-16H,6-11,13-14H2,1-2H3,(H,28,29)/t16-/m0/s1. The molecule has 0 amide bonds. The van der Waals surface area contributed by atoms with Crippen LogP contribution in [0.3, 0.4) is 0 Å². The number of imidazole rings is 1. The number of hydrogen-bond donors (Lipinski definition) is 1. The summed E-state index contributed by atoms with van der Waals surface area (Å²) in [6.07, 6.45) is 3.28. The van der Waals surface area contributed by atoms with Crippen LogP contribution >= 0.6 is 11.3 Å². The zero-order valence-electron chi connectivity index (χ0n) is 19.0. The zero-order valence-corrected chi connectivity index (χ0v) is 19.8. The molecule has 5 rings (SSSR count). The van der Waals surface area contributed by atoms with E-state index in [1.165, 1.54) is 16.9 Å². The molecule has 176 valence electrons. The number of methoxy groups -OCH3 is 2. The third-order valence-corrected chi connectivity index (χ3v) is 7.75. The maximum atomic E-state index is 11.4. The van der Waals surface area contributed by atoms with Crippen molar-refractivity contribution in [3.63, 3.8) is 0 Å². The number of aromatic nitrogens is 2. The average molecular weight is 472 g/mol. The number of carboxylic acids is 1. The molecular formula is C24H29N3O5S. The van der Waals surface area contributed by atoms with Crippen LogP contribution in [0, 0.1) is 0 Å². The van der Waals surface area contributed by atoms with E-state index in [0.29, 0.717) is 10.8 Å². The Morgan fingerprint density at radius 1 is 1.24 bits per heavy atom. The normalized spacial score (nSPS) is 19.5. The quantitative estimate of drug-likeness (QED) is 0.532. The number of carboxylic acid groups (broad SMARTS) is 1. The maximum absolute atomic E-state index is 11.4. The van der Waals surface area contributed by atoms with Gasteiger partial charge in [0.25, 0.3) is 0 Å². The van der Waals surface area contributed by atoms with Crippen LogP contribution in [-0.2, 0) is 17.8 Å². The van der Waals surface area contributed by atoms with E-state index in [1.54, 1.807) is 20.3 Å². The lowest BCUT2D eigenvalue weighted by atomic mass is 9.88. The zero-order chi connectivity index (χ0) is 22.9. The van der Waals surface area contributed by atoms with Gasteiger partial charge in [-0.3, -0.25) is 4.90 Å². The molecule has 2 aromatic heterocycles. The van der Waals surface area contributed by atoms with Gasteiger partial charge in [-0.05, 0) is 50.4 Å². The lowest BCUT2D eigenvalue weighted by Gasteiger charge is -2.33. The second-order valence-corrected chi connectivity index (χ2v) is 9.69. The molecule has 2 saturated heterocycles. The number of ether oxygens (including phenoxy) is 3. The summed E-state index contributed by atoms with van der Waals surface area (Å²) in [4.78, 5) is 19.8. The molecule has 0 aliphatic carbocycles. The van der Waals surface area contributed by atoms with Gasteiger partial charge < -0.3 is 23.9 Å². The highest BCUT2D eigenvalue weighted by molar-refractivity contribution is 7.20. The van der Waals surface area contributed by atoms with E-state index in [4.69, 9.17) is 19.2 Å². The minimum atomic E-state index is -0.902. The first-order chi connectivity index (χ1) is 16.1. The molecule has 0 bridgehead atoms. The highest BCUT2D eigenvalue weighted by Crippen LogP contribution is 2.40. The summed E-state index contributed by atoms with van der Waals surface area (Å²) in [5.41, 5.74) is 2.11. The fourth-order valence-corrected chi connectivity index (χ4v) is 5.75. The molecule has 1 atom stereocenters.